The Hall–Kier alpha value is -4.58. The van der Waals surface area contributed by atoms with Crippen molar-refractivity contribution in [3.05, 3.63) is 81.2 Å². The number of aromatic nitrogens is 1. The maximum atomic E-state index is 12.7. The van der Waals surface area contributed by atoms with E-state index in [9.17, 15) is 20.2 Å². The van der Waals surface area contributed by atoms with Crippen molar-refractivity contribution in [2.24, 2.45) is 0 Å². The van der Waals surface area contributed by atoms with Crippen LogP contribution in [0, 0.1) is 35.3 Å². The van der Waals surface area contributed by atoms with Crippen LogP contribution in [0.15, 0.2) is 54.1 Å². The first-order valence-electron chi connectivity index (χ1n) is 9.88. The standard InChI is InChI=1S/C24H22N4O5/c1-15-11-17(12-18(14-25)24(29)26-19-5-8-21(32-3)9-6-19)16(2)27(15)22-10-7-20(28(30)31)13-23(22)33-4/h5-13H,1-4H3,(H,26,29)/b18-12-. The van der Waals surface area contributed by atoms with Crippen molar-refractivity contribution in [2.45, 2.75) is 13.8 Å². The number of aryl methyl sites for hydroxylation is 1. The third-order valence-electron chi connectivity index (χ3n) is 5.10. The lowest BCUT2D eigenvalue weighted by Crippen LogP contribution is -2.13. The van der Waals surface area contributed by atoms with E-state index in [1.54, 1.807) is 37.4 Å². The molecule has 0 spiro atoms. The van der Waals surface area contributed by atoms with Gasteiger partial charge in [0.1, 0.15) is 23.1 Å². The van der Waals surface area contributed by atoms with Crippen LogP contribution in [-0.4, -0.2) is 29.6 Å². The fourth-order valence-electron chi connectivity index (χ4n) is 3.45. The smallest absolute Gasteiger partial charge is 0.273 e. The van der Waals surface area contributed by atoms with Crippen molar-refractivity contribution in [2.75, 3.05) is 19.5 Å². The lowest BCUT2D eigenvalue weighted by Gasteiger charge is -2.14. The Morgan fingerprint density at radius 2 is 1.82 bits per heavy atom. The first-order chi connectivity index (χ1) is 15.8. The van der Waals surface area contributed by atoms with E-state index >= 15 is 0 Å². The summed E-state index contributed by atoms with van der Waals surface area (Å²) in [5, 5.41) is 23.4. The number of non-ortho nitro benzene ring substituents is 1. The van der Waals surface area contributed by atoms with Gasteiger partial charge in [0.2, 0.25) is 0 Å². The number of hydrogen-bond donors (Lipinski definition) is 1. The van der Waals surface area contributed by atoms with Gasteiger partial charge in [-0.05, 0) is 61.9 Å². The van der Waals surface area contributed by atoms with Crippen LogP contribution in [0.4, 0.5) is 11.4 Å². The molecule has 9 nitrogen and oxygen atoms in total. The Bertz CT molecular complexity index is 1280. The molecule has 2 aromatic carbocycles. The summed E-state index contributed by atoms with van der Waals surface area (Å²) in [6, 6.07) is 14.9. The summed E-state index contributed by atoms with van der Waals surface area (Å²) >= 11 is 0. The molecule has 0 fully saturated rings. The van der Waals surface area contributed by atoms with E-state index in [2.05, 4.69) is 5.32 Å². The summed E-state index contributed by atoms with van der Waals surface area (Å²) in [5.74, 6) is 0.442. The SMILES string of the molecule is COc1ccc(NC(=O)/C(C#N)=C\c2cc(C)n(-c3ccc([N+](=O)[O-])cc3OC)c2C)cc1. The average Bonchev–Trinajstić information content (AvgIpc) is 3.09. The van der Waals surface area contributed by atoms with Crippen molar-refractivity contribution in [3.8, 4) is 23.3 Å². The van der Waals surface area contributed by atoms with Gasteiger partial charge in [-0.2, -0.15) is 5.26 Å². The van der Waals surface area contributed by atoms with Gasteiger partial charge in [0, 0.05) is 23.1 Å². The molecule has 1 N–H and O–H groups in total. The second-order valence-electron chi connectivity index (χ2n) is 7.13. The van der Waals surface area contributed by atoms with Crippen LogP contribution in [0.5, 0.6) is 11.5 Å². The zero-order valence-electron chi connectivity index (χ0n) is 18.6. The molecule has 3 aromatic rings. The van der Waals surface area contributed by atoms with E-state index in [4.69, 9.17) is 9.47 Å². The van der Waals surface area contributed by atoms with Gasteiger partial charge in [-0.1, -0.05) is 0 Å². The third-order valence-corrected chi connectivity index (χ3v) is 5.10. The second kappa shape index (κ2) is 9.70. The highest BCUT2D eigenvalue weighted by atomic mass is 16.6. The van der Waals surface area contributed by atoms with Crippen molar-refractivity contribution in [3.63, 3.8) is 0 Å². The Morgan fingerprint density at radius 3 is 2.39 bits per heavy atom. The maximum Gasteiger partial charge on any atom is 0.273 e. The molecular weight excluding hydrogens is 424 g/mol. The monoisotopic (exact) mass is 446 g/mol. The number of nitrogens with one attached hydrogen (secondary N) is 1. The number of nitro groups is 1. The highest BCUT2D eigenvalue weighted by Gasteiger charge is 2.18. The summed E-state index contributed by atoms with van der Waals surface area (Å²) < 4.78 is 12.3. The van der Waals surface area contributed by atoms with Crippen molar-refractivity contribution < 1.29 is 19.2 Å². The molecule has 9 heteroatoms. The van der Waals surface area contributed by atoms with Gasteiger partial charge < -0.3 is 19.4 Å². The average molecular weight is 446 g/mol. The number of nitrogens with zero attached hydrogens (tertiary/aromatic N) is 3. The van der Waals surface area contributed by atoms with Crippen LogP contribution in [0.3, 0.4) is 0 Å². The molecule has 0 saturated carbocycles. The van der Waals surface area contributed by atoms with Crippen molar-refractivity contribution in [1.82, 2.24) is 4.57 Å². The molecule has 0 aliphatic carbocycles. The number of methoxy groups -OCH3 is 2. The lowest BCUT2D eigenvalue weighted by molar-refractivity contribution is -0.384. The molecule has 0 unspecified atom stereocenters. The van der Waals surface area contributed by atoms with Gasteiger partial charge in [-0.3, -0.25) is 14.9 Å². The van der Waals surface area contributed by atoms with Gasteiger partial charge in [0.25, 0.3) is 11.6 Å². The van der Waals surface area contributed by atoms with Crippen LogP contribution in [0.1, 0.15) is 17.0 Å². The van der Waals surface area contributed by atoms with Crippen LogP contribution in [-0.2, 0) is 4.79 Å². The van der Waals surface area contributed by atoms with Crippen molar-refractivity contribution in [1.29, 1.82) is 5.26 Å². The summed E-state index contributed by atoms with van der Waals surface area (Å²) in [7, 11) is 2.99. The molecule has 168 valence electrons. The van der Waals surface area contributed by atoms with Gasteiger partial charge in [0.15, 0.2) is 0 Å². The van der Waals surface area contributed by atoms with E-state index in [0.29, 0.717) is 28.4 Å². The predicted octanol–water partition coefficient (Wildman–Crippen LogP) is 4.57. The molecule has 0 radical (unpaired) electrons. The topological polar surface area (TPSA) is 119 Å². The Morgan fingerprint density at radius 1 is 1.12 bits per heavy atom. The molecule has 0 aliphatic rings. The number of carbonyl (C=O) groups is 1. The molecule has 0 aliphatic heterocycles. The molecule has 1 heterocycles. The van der Waals surface area contributed by atoms with E-state index in [-0.39, 0.29) is 11.3 Å². The Labute approximate surface area is 190 Å². The number of ether oxygens (including phenoxy) is 2. The molecule has 0 bridgehead atoms. The van der Waals surface area contributed by atoms with E-state index in [1.165, 1.54) is 25.3 Å². The minimum Gasteiger partial charge on any atom is -0.497 e. The number of nitro benzene ring substituents is 1. The number of anilines is 1. The zero-order chi connectivity index (χ0) is 24.1. The second-order valence-corrected chi connectivity index (χ2v) is 7.13. The highest BCUT2D eigenvalue weighted by molar-refractivity contribution is 6.09. The summed E-state index contributed by atoms with van der Waals surface area (Å²) in [4.78, 5) is 23.3. The number of carbonyl (C=O) groups excluding carboxylic acids is 1. The van der Waals surface area contributed by atoms with E-state index < -0.39 is 10.8 Å². The molecule has 3 rings (SSSR count). The van der Waals surface area contributed by atoms with Crippen LogP contribution >= 0.6 is 0 Å². The molecular formula is C24H22N4O5. The number of benzene rings is 2. The predicted molar refractivity (Wildman–Crippen MR) is 124 cm³/mol. The Kier molecular flexibility index (Phi) is 6.79. The van der Waals surface area contributed by atoms with Gasteiger partial charge >= 0.3 is 0 Å². The fourth-order valence-corrected chi connectivity index (χ4v) is 3.45. The van der Waals surface area contributed by atoms with Gasteiger partial charge in [-0.25, -0.2) is 0 Å². The molecule has 0 atom stereocenters. The maximum absolute atomic E-state index is 12.7. The fraction of sp³-hybridized carbons (Fsp3) is 0.167. The summed E-state index contributed by atoms with van der Waals surface area (Å²) in [6.07, 6.45) is 1.51. The largest absolute Gasteiger partial charge is 0.497 e. The van der Waals surface area contributed by atoms with Crippen molar-refractivity contribution >= 4 is 23.4 Å². The highest BCUT2D eigenvalue weighted by Crippen LogP contribution is 2.32. The first kappa shape index (κ1) is 23.1. The summed E-state index contributed by atoms with van der Waals surface area (Å²) in [6.45, 7) is 3.69. The van der Waals surface area contributed by atoms with E-state index in [1.807, 2.05) is 30.6 Å². The third kappa shape index (κ3) is 4.85. The number of hydrogen-bond acceptors (Lipinski definition) is 6. The molecule has 0 saturated heterocycles. The minimum atomic E-state index is -0.541. The summed E-state index contributed by atoms with van der Waals surface area (Å²) in [5.41, 5.74) is 3.20. The van der Waals surface area contributed by atoms with Crippen LogP contribution in [0.2, 0.25) is 0 Å². The number of rotatable bonds is 7. The van der Waals surface area contributed by atoms with Gasteiger partial charge in [0.05, 0.1) is 30.9 Å². The molecule has 1 aromatic heterocycles. The lowest BCUT2D eigenvalue weighted by atomic mass is 10.1. The first-order valence-corrected chi connectivity index (χ1v) is 9.88. The zero-order valence-corrected chi connectivity index (χ0v) is 18.6. The quantitative estimate of drug-likeness (QED) is 0.246. The molecule has 33 heavy (non-hydrogen) atoms. The minimum absolute atomic E-state index is 0.0678. The van der Waals surface area contributed by atoms with Crippen LogP contribution in [0.25, 0.3) is 11.8 Å². The van der Waals surface area contributed by atoms with E-state index in [0.717, 1.165) is 11.4 Å². The number of nitriles is 1. The Balaban J connectivity index is 1.95. The normalized spacial score (nSPS) is 10.9. The molecule has 1 amide bonds. The van der Waals surface area contributed by atoms with Gasteiger partial charge in [-0.15, -0.1) is 0 Å². The number of amides is 1. The van der Waals surface area contributed by atoms with Crippen LogP contribution < -0.4 is 14.8 Å².